The summed E-state index contributed by atoms with van der Waals surface area (Å²) in [5.74, 6) is 0.237. The van der Waals surface area contributed by atoms with Gasteiger partial charge in [0.1, 0.15) is 5.82 Å². The van der Waals surface area contributed by atoms with Crippen LogP contribution < -0.4 is 0 Å². The number of H-pyrrole nitrogens is 1. The number of likely N-dealkylation sites (N-methyl/N-ethyl adjacent to an activating group) is 1. The molecule has 1 rings (SSSR count). The van der Waals surface area contributed by atoms with Gasteiger partial charge in [-0.05, 0) is 13.1 Å². The number of halogens is 1. The fourth-order valence-electron chi connectivity index (χ4n) is 1.75. The Morgan fingerprint density at radius 3 is 2.56 bits per heavy atom. The second-order valence-corrected chi connectivity index (χ2v) is 3.92. The monoisotopic (exact) mass is 278 g/mol. The molecule has 0 aliphatic carbocycles. The van der Waals surface area contributed by atoms with Gasteiger partial charge in [0, 0.05) is 23.9 Å². The maximum Gasteiger partial charge on any atom is 0.240 e. The minimum absolute atomic E-state index is 0. The summed E-state index contributed by atoms with van der Waals surface area (Å²) in [6.45, 7) is 4.95. The van der Waals surface area contributed by atoms with Crippen LogP contribution in [0.15, 0.2) is 12.4 Å². The van der Waals surface area contributed by atoms with Crippen molar-refractivity contribution >= 4 is 12.4 Å². The molecule has 0 saturated carbocycles. The highest BCUT2D eigenvalue weighted by Gasteiger charge is 2.39. The van der Waals surface area contributed by atoms with Crippen molar-refractivity contribution in [3.63, 3.8) is 0 Å². The maximum atomic E-state index is 10.7. The van der Waals surface area contributed by atoms with Crippen LogP contribution in [-0.4, -0.2) is 51.1 Å². The predicted octanol–water partition coefficient (Wildman–Crippen LogP) is 0.638. The molecule has 1 unspecified atom stereocenters. The van der Waals surface area contributed by atoms with Crippen LogP contribution in [0.1, 0.15) is 19.7 Å². The van der Waals surface area contributed by atoms with Crippen LogP contribution in [-0.2, 0) is 5.60 Å². The minimum atomic E-state index is -1.57. The summed E-state index contributed by atoms with van der Waals surface area (Å²) in [5, 5.41) is 21.1. The van der Waals surface area contributed by atoms with E-state index in [0.717, 1.165) is 13.1 Å². The lowest BCUT2D eigenvalue weighted by molar-refractivity contribution is -0.503. The number of hydrogen-bond acceptors (Lipinski definition) is 5. The Hall–Kier alpha value is -1.18. The van der Waals surface area contributed by atoms with E-state index in [1.807, 2.05) is 18.7 Å². The van der Waals surface area contributed by atoms with Crippen molar-refractivity contribution < 1.29 is 10.0 Å². The van der Waals surface area contributed by atoms with Gasteiger partial charge in [0.25, 0.3) is 0 Å². The highest BCUT2D eigenvalue weighted by Crippen LogP contribution is 2.19. The number of hydrogen-bond donors (Lipinski definition) is 2. The molecule has 0 bridgehead atoms. The van der Waals surface area contributed by atoms with Crippen molar-refractivity contribution in [2.24, 2.45) is 0 Å². The molecule has 104 valence electrons. The van der Waals surface area contributed by atoms with E-state index in [2.05, 4.69) is 9.97 Å². The van der Waals surface area contributed by atoms with E-state index in [1.54, 1.807) is 6.20 Å². The zero-order chi connectivity index (χ0) is 12.9. The Bertz CT molecular complexity index is 356. The Labute approximate surface area is 112 Å². The van der Waals surface area contributed by atoms with Gasteiger partial charge in [-0.25, -0.2) is 4.98 Å². The number of aliphatic hydroxyl groups is 1. The number of nitro groups is 1. The molecular weight excluding hydrogens is 260 g/mol. The largest absolute Gasteiger partial charge is 0.375 e. The van der Waals surface area contributed by atoms with Gasteiger partial charge in [-0.15, -0.1) is 12.4 Å². The molecule has 18 heavy (non-hydrogen) atoms. The first kappa shape index (κ1) is 16.8. The van der Waals surface area contributed by atoms with Crippen molar-refractivity contribution in [2.75, 3.05) is 26.2 Å². The van der Waals surface area contributed by atoms with Gasteiger partial charge in [0.2, 0.25) is 6.54 Å². The van der Waals surface area contributed by atoms with E-state index in [9.17, 15) is 15.2 Å². The summed E-state index contributed by atoms with van der Waals surface area (Å²) in [6, 6.07) is 0. The van der Waals surface area contributed by atoms with Crippen LogP contribution in [0, 0.1) is 10.1 Å². The number of nitrogens with one attached hydrogen (secondary N) is 1. The second-order valence-electron chi connectivity index (χ2n) is 3.92. The summed E-state index contributed by atoms with van der Waals surface area (Å²) in [6.07, 6.45) is 3.02. The highest BCUT2D eigenvalue weighted by atomic mass is 35.5. The topological polar surface area (TPSA) is 95.3 Å². The van der Waals surface area contributed by atoms with Gasteiger partial charge in [0.05, 0.1) is 0 Å². The molecule has 2 N–H and O–H groups in total. The van der Waals surface area contributed by atoms with Gasteiger partial charge in [-0.2, -0.15) is 0 Å². The van der Waals surface area contributed by atoms with Gasteiger partial charge >= 0.3 is 0 Å². The van der Waals surface area contributed by atoms with Crippen LogP contribution in [0.2, 0.25) is 0 Å². The molecule has 1 aromatic heterocycles. The maximum absolute atomic E-state index is 10.7. The number of nitrogens with zero attached hydrogens (tertiary/aromatic N) is 3. The average molecular weight is 279 g/mol. The van der Waals surface area contributed by atoms with Crippen LogP contribution in [0.5, 0.6) is 0 Å². The van der Waals surface area contributed by atoms with E-state index in [0.29, 0.717) is 0 Å². The van der Waals surface area contributed by atoms with Gasteiger partial charge in [-0.1, -0.05) is 13.8 Å². The molecule has 0 fully saturated rings. The van der Waals surface area contributed by atoms with Gasteiger partial charge in [0.15, 0.2) is 5.60 Å². The van der Waals surface area contributed by atoms with Crippen LogP contribution >= 0.6 is 12.4 Å². The van der Waals surface area contributed by atoms with E-state index < -0.39 is 17.1 Å². The Morgan fingerprint density at radius 2 is 2.17 bits per heavy atom. The van der Waals surface area contributed by atoms with E-state index in [-0.39, 0.29) is 24.8 Å². The molecule has 0 aromatic carbocycles. The summed E-state index contributed by atoms with van der Waals surface area (Å²) in [7, 11) is 0. The smallest absolute Gasteiger partial charge is 0.240 e. The zero-order valence-corrected chi connectivity index (χ0v) is 11.3. The summed E-state index contributed by atoms with van der Waals surface area (Å²) >= 11 is 0. The van der Waals surface area contributed by atoms with Crippen molar-refractivity contribution in [3.8, 4) is 0 Å². The number of rotatable bonds is 7. The first-order chi connectivity index (χ1) is 8.01. The Kier molecular flexibility index (Phi) is 6.82. The van der Waals surface area contributed by atoms with Crippen molar-refractivity contribution in [1.29, 1.82) is 0 Å². The third kappa shape index (κ3) is 4.25. The van der Waals surface area contributed by atoms with Crippen molar-refractivity contribution in [1.82, 2.24) is 14.9 Å². The molecule has 1 heterocycles. The third-order valence-electron chi connectivity index (χ3n) is 2.71. The normalized spacial score (nSPS) is 14.0. The molecule has 1 aromatic rings. The molecule has 7 nitrogen and oxygen atoms in total. The first-order valence-corrected chi connectivity index (χ1v) is 5.58. The number of imidazole rings is 1. The van der Waals surface area contributed by atoms with Crippen LogP contribution in [0.4, 0.5) is 0 Å². The fourth-order valence-corrected chi connectivity index (χ4v) is 1.75. The fraction of sp³-hybridized carbons (Fsp3) is 0.700. The number of aromatic nitrogens is 2. The lowest BCUT2D eigenvalue weighted by Crippen LogP contribution is -2.46. The zero-order valence-electron chi connectivity index (χ0n) is 10.5. The Morgan fingerprint density at radius 1 is 1.56 bits per heavy atom. The quantitative estimate of drug-likeness (QED) is 0.564. The summed E-state index contributed by atoms with van der Waals surface area (Å²) in [4.78, 5) is 18.7. The van der Waals surface area contributed by atoms with Crippen molar-refractivity contribution in [2.45, 2.75) is 19.4 Å². The van der Waals surface area contributed by atoms with Crippen LogP contribution in [0.3, 0.4) is 0 Å². The lowest BCUT2D eigenvalue weighted by atomic mass is 10.0. The van der Waals surface area contributed by atoms with Crippen molar-refractivity contribution in [3.05, 3.63) is 28.3 Å². The minimum Gasteiger partial charge on any atom is -0.375 e. The predicted molar refractivity (Wildman–Crippen MR) is 69.4 cm³/mol. The van der Waals surface area contributed by atoms with Crippen LogP contribution in [0.25, 0.3) is 0 Å². The summed E-state index contributed by atoms with van der Waals surface area (Å²) < 4.78 is 0. The van der Waals surface area contributed by atoms with E-state index in [1.165, 1.54) is 6.20 Å². The second kappa shape index (κ2) is 7.30. The van der Waals surface area contributed by atoms with E-state index in [4.69, 9.17) is 0 Å². The Balaban J connectivity index is 0.00000289. The molecule has 0 amide bonds. The highest BCUT2D eigenvalue weighted by molar-refractivity contribution is 5.85. The lowest BCUT2D eigenvalue weighted by Gasteiger charge is -2.28. The molecule has 0 radical (unpaired) electrons. The molecule has 0 aliphatic rings. The molecule has 8 heteroatoms. The molecule has 0 saturated heterocycles. The first-order valence-electron chi connectivity index (χ1n) is 5.58. The molecule has 1 atom stereocenters. The van der Waals surface area contributed by atoms with E-state index >= 15 is 0 Å². The third-order valence-corrected chi connectivity index (χ3v) is 2.71. The summed E-state index contributed by atoms with van der Waals surface area (Å²) in [5.41, 5.74) is -1.57. The molecule has 0 aliphatic heterocycles. The average Bonchev–Trinajstić information content (AvgIpc) is 2.79. The standard InChI is InChI=1S/C10H18N4O3.ClH/c1-3-13(4-2)7-10(15,8-14(16)17)9-11-5-6-12-9;/h5-6,15H,3-4,7-8H2,1-2H3,(H,11,12);1H. The number of aromatic amines is 1. The van der Waals surface area contributed by atoms with Gasteiger partial charge < -0.3 is 15.0 Å². The SMILES string of the molecule is CCN(CC)CC(O)(C[N+](=O)[O-])c1ncc[nH]1.Cl. The molecule has 0 spiro atoms. The molecular formula is C10H19ClN4O3. The van der Waals surface area contributed by atoms with Gasteiger partial charge in [-0.3, -0.25) is 10.1 Å².